The highest BCUT2D eigenvalue weighted by molar-refractivity contribution is 5.93. The quantitative estimate of drug-likeness (QED) is 0.854. The minimum absolute atomic E-state index is 0.0150. The molecule has 2 nitrogen and oxygen atoms in total. The number of benzene rings is 1. The number of carbonyl (C=O) groups excluding carboxylic acids is 1. The Kier molecular flexibility index (Phi) is 2.69. The third kappa shape index (κ3) is 1.76. The molecule has 3 saturated carbocycles. The van der Waals surface area contributed by atoms with Gasteiger partial charge in [0.1, 0.15) is 17.6 Å². The van der Waals surface area contributed by atoms with Crippen LogP contribution in [0.1, 0.15) is 30.7 Å². The van der Waals surface area contributed by atoms with Crippen LogP contribution >= 0.6 is 0 Å². The number of nitrogens with zero attached hydrogens (tertiary/aromatic N) is 1. The molecular weight excluding hydrogens is 272 g/mol. The first kappa shape index (κ1) is 12.9. The fourth-order valence-electron chi connectivity index (χ4n) is 4.92. The van der Waals surface area contributed by atoms with Crippen molar-refractivity contribution < 1.29 is 13.6 Å². The topological polar surface area (TPSA) is 40.9 Å². The van der Waals surface area contributed by atoms with Crippen LogP contribution in [-0.2, 0) is 4.79 Å². The molecule has 0 spiro atoms. The summed E-state index contributed by atoms with van der Waals surface area (Å²) in [4.78, 5) is 12.6. The Balaban J connectivity index is 1.60. The summed E-state index contributed by atoms with van der Waals surface area (Å²) in [5, 5.41) is 9.30. The number of hydrogen-bond donors (Lipinski definition) is 0. The first-order valence-electron chi connectivity index (χ1n) is 7.50. The molecule has 2 bridgehead atoms. The number of halogens is 2. The predicted octanol–water partition coefficient (Wildman–Crippen LogP) is 3.43. The fourth-order valence-corrected chi connectivity index (χ4v) is 4.92. The van der Waals surface area contributed by atoms with Crippen LogP contribution in [0.3, 0.4) is 0 Å². The smallest absolute Gasteiger partial charge is 0.158 e. The summed E-state index contributed by atoms with van der Waals surface area (Å²) in [5.74, 6) is -0.699. The summed E-state index contributed by atoms with van der Waals surface area (Å²) >= 11 is 0. The third-order valence-corrected chi connectivity index (χ3v) is 5.75. The second kappa shape index (κ2) is 4.37. The normalized spacial score (nSPS) is 36.9. The predicted molar refractivity (Wildman–Crippen MR) is 71.0 cm³/mol. The van der Waals surface area contributed by atoms with Crippen LogP contribution in [-0.4, -0.2) is 5.78 Å². The van der Waals surface area contributed by atoms with Crippen LogP contribution in [0, 0.1) is 52.6 Å². The largest absolute Gasteiger partial charge is 0.298 e. The number of rotatable bonds is 3. The summed E-state index contributed by atoms with van der Waals surface area (Å²) in [6, 6.07) is 5.00. The monoisotopic (exact) mass is 287 g/mol. The summed E-state index contributed by atoms with van der Waals surface area (Å²) in [6.45, 7) is 0. The fraction of sp³-hybridized carbons (Fsp3) is 0.529. The van der Waals surface area contributed by atoms with Gasteiger partial charge < -0.3 is 0 Å². The van der Waals surface area contributed by atoms with Gasteiger partial charge in [-0.15, -0.1) is 0 Å². The average molecular weight is 287 g/mol. The van der Waals surface area contributed by atoms with E-state index in [1.165, 1.54) is 25.3 Å². The molecule has 0 heterocycles. The van der Waals surface area contributed by atoms with Crippen molar-refractivity contribution in [1.29, 1.82) is 5.26 Å². The van der Waals surface area contributed by atoms with Gasteiger partial charge in [0.05, 0.1) is 6.07 Å². The molecule has 3 aliphatic rings. The molecule has 0 aromatic heterocycles. The molecule has 0 N–H and O–H groups in total. The van der Waals surface area contributed by atoms with E-state index in [2.05, 4.69) is 0 Å². The molecule has 0 aliphatic heterocycles. The second-order valence-corrected chi connectivity index (χ2v) is 6.64. The van der Waals surface area contributed by atoms with Gasteiger partial charge in [-0.2, -0.15) is 5.26 Å². The van der Waals surface area contributed by atoms with Crippen molar-refractivity contribution in [2.45, 2.75) is 25.2 Å². The molecule has 1 aromatic rings. The van der Waals surface area contributed by atoms with Gasteiger partial charge in [0, 0.05) is 17.5 Å². The zero-order valence-electron chi connectivity index (χ0n) is 11.4. The highest BCUT2D eigenvalue weighted by Gasteiger charge is 2.67. The molecule has 0 radical (unpaired) electrons. The maximum Gasteiger partial charge on any atom is 0.158 e. The van der Waals surface area contributed by atoms with Crippen molar-refractivity contribution in [3.63, 3.8) is 0 Å². The van der Waals surface area contributed by atoms with Gasteiger partial charge in [-0.3, -0.25) is 4.79 Å². The Labute approximate surface area is 121 Å². The first-order chi connectivity index (χ1) is 10.1. The van der Waals surface area contributed by atoms with E-state index in [9.17, 15) is 18.8 Å². The summed E-state index contributed by atoms with van der Waals surface area (Å²) in [5.41, 5.74) is 0.0150. The molecule has 21 heavy (non-hydrogen) atoms. The molecule has 3 fully saturated rings. The highest BCUT2D eigenvalue weighted by Crippen LogP contribution is 2.70. The Hall–Kier alpha value is -1.76. The van der Waals surface area contributed by atoms with Gasteiger partial charge in [0.2, 0.25) is 0 Å². The number of fused-ring (bicyclic) bond motifs is 5. The van der Waals surface area contributed by atoms with Crippen molar-refractivity contribution in [2.24, 2.45) is 29.6 Å². The first-order valence-corrected chi connectivity index (χ1v) is 7.50. The number of hydrogen-bond acceptors (Lipinski definition) is 2. The molecule has 3 aliphatic carbocycles. The van der Waals surface area contributed by atoms with Gasteiger partial charge in [-0.1, -0.05) is 6.07 Å². The zero-order chi connectivity index (χ0) is 14.7. The average Bonchev–Trinajstić information content (AvgIpc) is 2.89. The van der Waals surface area contributed by atoms with Gasteiger partial charge in [0.15, 0.2) is 5.78 Å². The lowest BCUT2D eigenvalue weighted by Gasteiger charge is -2.13. The number of carbonyl (C=O) groups is 1. The van der Waals surface area contributed by atoms with Crippen LogP contribution in [0.25, 0.3) is 0 Å². The lowest BCUT2D eigenvalue weighted by molar-refractivity contribution is -0.121. The Morgan fingerprint density at radius 1 is 1.24 bits per heavy atom. The molecule has 5 atom stereocenters. The molecule has 1 aromatic carbocycles. The third-order valence-electron chi connectivity index (χ3n) is 5.75. The lowest BCUT2D eigenvalue weighted by Crippen LogP contribution is -2.18. The molecule has 108 valence electrons. The lowest BCUT2D eigenvalue weighted by atomic mass is 9.88. The van der Waals surface area contributed by atoms with E-state index in [0.29, 0.717) is 23.7 Å². The van der Waals surface area contributed by atoms with E-state index in [1.807, 2.05) is 6.07 Å². The number of nitriles is 1. The van der Waals surface area contributed by atoms with Gasteiger partial charge in [0.25, 0.3) is 0 Å². The number of Topliss-reactive ketones (excluding diaryl/α,β-unsaturated/α-hetero) is 1. The van der Waals surface area contributed by atoms with E-state index in [1.54, 1.807) is 0 Å². The van der Waals surface area contributed by atoms with Crippen LogP contribution in [0.5, 0.6) is 0 Å². The van der Waals surface area contributed by atoms with Crippen LogP contribution in [0.2, 0.25) is 0 Å². The van der Waals surface area contributed by atoms with E-state index in [4.69, 9.17) is 0 Å². The molecule has 0 amide bonds. The van der Waals surface area contributed by atoms with E-state index >= 15 is 0 Å². The standard InChI is InChI=1S/C17H15F2NO/c18-10-3-4-11(13(19)6-10)12(7-20)17(21)16-14-8-1-2-9(5-8)15(14)16/h3-4,6,8-9,12,14-16H,1-2,5H2. The minimum Gasteiger partial charge on any atom is -0.298 e. The van der Waals surface area contributed by atoms with Crippen LogP contribution < -0.4 is 0 Å². The zero-order valence-corrected chi connectivity index (χ0v) is 11.4. The summed E-state index contributed by atoms with van der Waals surface area (Å²) in [7, 11) is 0. The highest BCUT2D eigenvalue weighted by atomic mass is 19.1. The van der Waals surface area contributed by atoms with Crippen molar-refractivity contribution >= 4 is 5.78 Å². The Bertz CT molecular complexity index is 649. The van der Waals surface area contributed by atoms with Crippen molar-refractivity contribution in [3.05, 3.63) is 35.4 Å². The van der Waals surface area contributed by atoms with Crippen molar-refractivity contribution in [2.75, 3.05) is 0 Å². The summed E-state index contributed by atoms with van der Waals surface area (Å²) < 4.78 is 26.8. The molecule has 5 unspecified atom stereocenters. The van der Waals surface area contributed by atoms with E-state index in [0.717, 1.165) is 12.1 Å². The summed E-state index contributed by atoms with van der Waals surface area (Å²) in [6.07, 6.45) is 3.61. The van der Waals surface area contributed by atoms with Gasteiger partial charge in [-0.05, 0) is 49.0 Å². The maximum atomic E-state index is 13.8. The Morgan fingerprint density at radius 2 is 1.90 bits per heavy atom. The maximum absolute atomic E-state index is 13.8. The molecule has 0 saturated heterocycles. The van der Waals surface area contributed by atoms with Gasteiger partial charge in [-0.25, -0.2) is 8.78 Å². The van der Waals surface area contributed by atoms with Crippen LogP contribution in [0.15, 0.2) is 18.2 Å². The molecule has 4 rings (SSSR count). The van der Waals surface area contributed by atoms with E-state index < -0.39 is 17.6 Å². The molecular formula is C17H15F2NO. The Morgan fingerprint density at radius 3 is 2.48 bits per heavy atom. The van der Waals surface area contributed by atoms with E-state index in [-0.39, 0.29) is 17.3 Å². The second-order valence-electron chi connectivity index (χ2n) is 6.64. The number of ketones is 1. The molecule has 4 heteroatoms. The van der Waals surface area contributed by atoms with Gasteiger partial charge >= 0.3 is 0 Å². The van der Waals surface area contributed by atoms with Crippen LogP contribution in [0.4, 0.5) is 8.78 Å². The van der Waals surface area contributed by atoms with Crippen molar-refractivity contribution in [3.8, 4) is 6.07 Å². The SMILES string of the molecule is N#CC(C(=O)C1C2C3CCC(C3)C12)c1ccc(F)cc1F. The van der Waals surface area contributed by atoms with Crippen molar-refractivity contribution in [1.82, 2.24) is 0 Å². The minimum atomic E-state index is -1.10.